The minimum atomic E-state index is -0.389. The van der Waals surface area contributed by atoms with Crippen LogP contribution in [0.1, 0.15) is 16.7 Å². The van der Waals surface area contributed by atoms with Crippen LogP contribution in [0.15, 0.2) is 42.5 Å². The van der Waals surface area contributed by atoms with E-state index in [9.17, 15) is 10.1 Å². The fraction of sp³-hybridized carbons (Fsp3) is 0.200. The van der Waals surface area contributed by atoms with Gasteiger partial charge in [-0.15, -0.1) is 0 Å². The Morgan fingerprint density at radius 3 is 2.60 bits per heavy atom. The predicted molar refractivity (Wildman–Crippen MR) is 77.5 cm³/mol. The van der Waals surface area contributed by atoms with Crippen molar-refractivity contribution in [3.63, 3.8) is 0 Å². The highest BCUT2D eigenvalue weighted by Gasteiger charge is 2.14. The van der Waals surface area contributed by atoms with Crippen molar-refractivity contribution < 1.29 is 10.0 Å². The van der Waals surface area contributed by atoms with Crippen molar-refractivity contribution in [2.24, 2.45) is 0 Å². The van der Waals surface area contributed by atoms with E-state index in [1.54, 1.807) is 6.07 Å². The normalized spacial score (nSPS) is 10.3. The van der Waals surface area contributed by atoms with Crippen LogP contribution >= 0.6 is 0 Å². The van der Waals surface area contributed by atoms with Crippen LogP contribution in [0.4, 0.5) is 11.4 Å². The van der Waals surface area contributed by atoms with Crippen molar-refractivity contribution in [2.45, 2.75) is 20.1 Å². The van der Waals surface area contributed by atoms with Crippen LogP contribution in [0.25, 0.3) is 0 Å². The molecule has 0 saturated carbocycles. The highest BCUT2D eigenvalue weighted by atomic mass is 16.6. The number of aryl methyl sites for hydroxylation is 1. The molecule has 0 saturated heterocycles. The zero-order valence-corrected chi connectivity index (χ0v) is 11.2. The number of para-hydroxylation sites is 1. The predicted octanol–water partition coefficient (Wildman–Crippen LogP) is 3.01. The molecule has 0 bridgehead atoms. The number of anilines is 1. The maximum Gasteiger partial charge on any atom is 0.292 e. The molecule has 2 N–H and O–H groups in total. The molecular formula is C15H16N2O3. The van der Waals surface area contributed by atoms with Gasteiger partial charge in [0.25, 0.3) is 5.69 Å². The Morgan fingerprint density at radius 2 is 1.90 bits per heavy atom. The minimum Gasteiger partial charge on any atom is -0.392 e. The Hall–Kier alpha value is -2.40. The molecule has 2 aromatic carbocycles. The zero-order valence-electron chi connectivity index (χ0n) is 11.2. The molecule has 0 aliphatic carbocycles. The van der Waals surface area contributed by atoms with Crippen LogP contribution < -0.4 is 5.32 Å². The summed E-state index contributed by atoms with van der Waals surface area (Å²) in [5.41, 5.74) is 3.23. The van der Waals surface area contributed by atoms with Gasteiger partial charge in [-0.1, -0.05) is 36.4 Å². The summed E-state index contributed by atoms with van der Waals surface area (Å²) in [4.78, 5) is 10.6. The van der Waals surface area contributed by atoms with Crippen molar-refractivity contribution in [1.82, 2.24) is 0 Å². The van der Waals surface area contributed by atoms with Crippen LogP contribution in [0.3, 0.4) is 0 Å². The number of hydrogen-bond donors (Lipinski definition) is 2. The smallest absolute Gasteiger partial charge is 0.292 e. The van der Waals surface area contributed by atoms with Crippen molar-refractivity contribution >= 4 is 11.4 Å². The summed E-state index contributed by atoms with van der Waals surface area (Å²) in [6.45, 7) is 2.29. The van der Waals surface area contributed by atoms with Crippen molar-refractivity contribution in [1.29, 1.82) is 0 Å². The molecule has 0 aromatic heterocycles. The summed E-state index contributed by atoms with van der Waals surface area (Å²) >= 11 is 0. The van der Waals surface area contributed by atoms with Gasteiger partial charge in [0.1, 0.15) is 5.69 Å². The van der Waals surface area contributed by atoms with Crippen LogP contribution in [-0.2, 0) is 13.2 Å². The number of nitro benzene ring substituents is 1. The second-order valence-corrected chi connectivity index (χ2v) is 4.56. The molecule has 0 aliphatic rings. The van der Waals surface area contributed by atoms with Gasteiger partial charge in [-0.2, -0.15) is 0 Å². The summed E-state index contributed by atoms with van der Waals surface area (Å²) in [5.74, 6) is 0. The van der Waals surface area contributed by atoms with Gasteiger partial charge in [-0.3, -0.25) is 10.1 Å². The minimum absolute atomic E-state index is 0.0155. The Balaban J connectivity index is 2.20. The lowest BCUT2D eigenvalue weighted by molar-refractivity contribution is -0.384. The van der Waals surface area contributed by atoms with Crippen LogP contribution in [-0.4, -0.2) is 10.0 Å². The molecule has 5 heteroatoms. The van der Waals surface area contributed by atoms with Gasteiger partial charge in [-0.25, -0.2) is 0 Å². The van der Waals surface area contributed by atoms with E-state index < -0.39 is 0 Å². The SMILES string of the molecule is Cc1cccc([N+](=O)[O-])c1NCc1cccc(CO)c1. The molecular weight excluding hydrogens is 256 g/mol. The number of nitro groups is 1. The molecule has 0 unspecified atom stereocenters. The van der Waals surface area contributed by atoms with Gasteiger partial charge in [0.15, 0.2) is 0 Å². The summed E-state index contributed by atoms with van der Waals surface area (Å²) in [5, 5.41) is 23.2. The van der Waals surface area contributed by atoms with E-state index in [2.05, 4.69) is 5.32 Å². The van der Waals surface area contributed by atoms with Gasteiger partial charge in [0, 0.05) is 12.6 Å². The third-order valence-corrected chi connectivity index (χ3v) is 3.09. The van der Waals surface area contributed by atoms with Gasteiger partial charge < -0.3 is 10.4 Å². The fourth-order valence-electron chi connectivity index (χ4n) is 2.06. The van der Waals surface area contributed by atoms with Crippen LogP contribution in [0, 0.1) is 17.0 Å². The quantitative estimate of drug-likeness (QED) is 0.648. The second-order valence-electron chi connectivity index (χ2n) is 4.56. The van der Waals surface area contributed by atoms with Gasteiger partial charge >= 0.3 is 0 Å². The topological polar surface area (TPSA) is 75.4 Å². The zero-order chi connectivity index (χ0) is 14.5. The Bertz CT molecular complexity index is 626. The highest BCUT2D eigenvalue weighted by Crippen LogP contribution is 2.28. The average Bonchev–Trinajstić information content (AvgIpc) is 2.45. The first-order valence-electron chi connectivity index (χ1n) is 6.28. The van der Waals surface area contributed by atoms with E-state index in [4.69, 9.17) is 5.11 Å². The fourth-order valence-corrected chi connectivity index (χ4v) is 2.06. The maximum atomic E-state index is 11.0. The average molecular weight is 272 g/mol. The largest absolute Gasteiger partial charge is 0.392 e. The molecule has 2 aromatic rings. The maximum absolute atomic E-state index is 11.0. The lowest BCUT2D eigenvalue weighted by atomic mass is 10.1. The first-order valence-corrected chi connectivity index (χ1v) is 6.28. The number of nitrogens with one attached hydrogen (secondary N) is 1. The van der Waals surface area contributed by atoms with E-state index in [-0.39, 0.29) is 17.2 Å². The molecule has 104 valence electrons. The van der Waals surface area contributed by atoms with E-state index in [1.807, 2.05) is 37.3 Å². The first-order chi connectivity index (χ1) is 9.61. The lowest BCUT2D eigenvalue weighted by Gasteiger charge is -2.10. The summed E-state index contributed by atoms with van der Waals surface area (Å²) in [7, 11) is 0. The van der Waals surface area contributed by atoms with Gasteiger partial charge in [0.05, 0.1) is 11.5 Å². The summed E-state index contributed by atoms with van der Waals surface area (Å²) < 4.78 is 0. The van der Waals surface area contributed by atoms with Gasteiger partial charge in [0.2, 0.25) is 0 Å². The molecule has 20 heavy (non-hydrogen) atoms. The molecule has 0 amide bonds. The highest BCUT2D eigenvalue weighted by molar-refractivity contribution is 5.66. The first kappa shape index (κ1) is 14.0. The molecule has 0 fully saturated rings. The van der Waals surface area contributed by atoms with E-state index in [0.717, 1.165) is 16.7 Å². The molecule has 0 heterocycles. The number of hydrogen-bond acceptors (Lipinski definition) is 4. The third-order valence-electron chi connectivity index (χ3n) is 3.09. The molecule has 0 aliphatic heterocycles. The van der Waals surface area contributed by atoms with Crippen LogP contribution in [0.2, 0.25) is 0 Å². The molecule has 2 rings (SSSR count). The van der Waals surface area contributed by atoms with E-state index in [1.165, 1.54) is 6.07 Å². The second kappa shape index (κ2) is 6.16. The number of aliphatic hydroxyl groups is 1. The number of aliphatic hydroxyl groups excluding tert-OH is 1. The van der Waals surface area contributed by atoms with Crippen molar-refractivity contribution in [3.05, 3.63) is 69.3 Å². The Morgan fingerprint density at radius 1 is 1.20 bits per heavy atom. The monoisotopic (exact) mass is 272 g/mol. The number of rotatable bonds is 5. The molecule has 0 radical (unpaired) electrons. The third kappa shape index (κ3) is 3.13. The lowest BCUT2D eigenvalue weighted by Crippen LogP contribution is -2.04. The summed E-state index contributed by atoms with van der Waals surface area (Å²) in [6, 6.07) is 12.5. The standard InChI is InChI=1S/C15H16N2O3/c1-11-4-2-7-14(17(19)20)15(11)16-9-12-5-3-6-13(8-12)10-18/h2-8,16,18H,9-10H2,1H3. The van der Waals surface area contributed by atoms with E-state index in [0.29, 0.717) is 12.2 Å². The van der Waals surface area contributed by atoms with Crippen molar-refractivity contribution in [2.75, 3.05) is 5.32 Å². The Kier molecular flexibility index (Phi) is 4.32. The molecule has 0 atom stereocenters. The van der Waals surface area contributed by atoms with E-state index >= 15 is 0 Å². The molecule has 5 nitrogen and oxygen atoms in total. The number of benzene rings is 2. The van der Waals surface area contributed by atoms with Gasteiger partial charge in [-0.05, 0) is 23.6 Å². The van der Waals surface area contributed by atoms with Crippen molar-refractivity contribution in [3.8, 4) is 0 Å². The Labute approximate surface area is 117 Å². The molecule has 0 spiro atoms. The summed E-state index contributed by atoms with van der Waals surface area (Å²) in [6.07, 6.45) is 0. The van der Waals surface area contributed by atoms with Crippen LogP contribution in [0.5, 0.6) is 0 Å². The number of nitrogens with zero attached hydrogens (tertiary/aromatic N) is 1.